The molecule has 0 spiro atoms. The highest BCUT2D eigenvalue weighted by Gasteiger charge is 2.40. The molecule has 2 heteroatoms. The molecule has 1 unspecified atom stereocenters. The van der Waals surface area contributed by atoms with Gasteiger partial charge in [-0.1, -0.05) is 62.2 Å². The summed E-state index contributed by atoms with van der Waals surface area (Å²) in [5.41, 5.74) is 8.99. The lowest BCUT2D eigenvalue weighted by Crippen LogP contribution is -2.52. The van der Waals surface area contributed by atoms with Gasteiger partial charge in [0.2, 0.25) is 0 Å². The van der Waals surface area contributed by atoms with Gasteiger partial charge >= 0.3 is 0 Å². The third kappa shape index (κ3) is 2.65. The lowest BCUT2D eigenvalue weighted by Gasteiger charge is -2.38. The highest BCUT2D eigenvalue weighted by atomic mass is 15.0. The molecule has 0 aliphatic carbocycles. The third-order valence-electron chi connectivity index (χ3n) is 6.07. The van der Waals surface area contributed by atoms with Crippen LogP contribution in [0.2, 0.25) is 0 Å². The first-order valence-electron chi connectivity index (χ1n) is 9.46. The van der Waals surface area contributed by atoms with Gasteiger partial charge in [-0.15, -0.1) is 0 Å². The van der Waals surface area contributed by atoms with E-state index in [1.165, 1.54) is 33.5 Å². The van der Waals surface area contributed by atoms with Crippen LogP contribution in [0.5, 0.6) is 0 Å². The van der Waals surface area contributed by atoms with Crippen molar-refractivity contribution < 1.29 is 4.57 Å². The van der Waals surface area contributed by atoms with Crippen LogP contribution < -0.4 is 4.57 Å². The highest BCUT2D eigenvalue weighted by molar-refractivity contribution is 5.70. The number of aromatic nitrogens is 2. The van der Waals surface area contributed by atoms with Crippen molar-refractivity contribution in [3.05, 3.63) is 71.5 Å². The maximum absolute atomic E-state index is 4.79. The first-order chi connectivity index (χ1) is 12.4. The van der Waals surface area contributed by atoms with Crippen LogP contribution in [0.25, 0.3) is 22.5 Å². The minimum absolute atomic E-state index is 0.118. The summed E-state index contributed by atoms with van der Waals surface area (Å²) in [4.78, 5) is 4.79. The Morgan fingerprint density at radius 2 is 1.77 bits per heavy atom. The molecule has 26 heavy (non-hydrogen) atoms. The molecule has 3 aromatic rings. The number of nitrogens with zero attached hydrogens (tertiary/aromatic N) is 2. The van der Waals surface area contributed by atoms with Gasteiger partial charge in [0.1, 0.15) is 12.2 Å². The van der Waals surface area contributed by atoms with Gasteiger partial charge in [0, 0.05) is 22.6 Å². The molecule has 1 aliphatic rings. The molecule has 1 atom stereocenters. The molecular weight excluding hydrogens is 316 g/mol. The molecule has 0 radical (unpaired) electrons. The van der Waals surface area contributed by atoms with E-state index in [9.17, 15) is 0 Å². The van der Waals surface area contributed by atoms with Crippen molar-refractivity contribution in [1.82, 2.24) is 4.98 Å². The second-order valence-corrected chi connectivity index (χ2v) is 8.28. The molecule has 0 amide bonds. The van der Waals surface area contributed by atoms with Crippen molar-refractivity contribution in [2.24, 2.45) is 5.92 Å². The summed E-state index contributed by atoms with van der Waals surface area (Å²) in [5, 5.41) is 0. The average Bonchev–Trinajstić information content (AvgIpc) is 2.61. The van der Waals surface area contributed by atoms with E-state index in [0.717, 1.165) is 12.2 Å². The van der Waals surface area contributed by atoms with Crippen LogP contribution in [0.3, 0.4) is 0 Å². The predicted molar refractivity (Wildman–Crippen MR) is 107 cm³/mol. The Balaban J connectivity index is 1.93. The molecule has 4 rings (SSSR count). The lowest BCUT2D eigenvalue weighted by atomic mass is 9.69. The average molecular weight is 343 g/mol. The van der Waals surface area contributed by atoms with Gasteiger partial charge in [-0.05, 0) is 42.4 Å². The van der Waals surface area contributed by atoms with Gasteiger partial charge in [-0.2, -0.15) is 0 Å². The molecule has 1 aromatic heterocycles. The molecule has 132 valence electrons. The Kier molecular flexibility index (Phi) is 3.95. The van der Waals surface area contributed by atoms with Crippen molar-refractivity contribution in [1.29, 1.82) is 0 Å². The summed E-state index contributed by atoms with van der Waals surface area (Å²) in [7, 11) is 0. The molecule has 1 aliphatic heterocycles. The van der Waals surface area contributed by atoms with Gasteiger partial charge in [0.15, 0.2) is 5.69 Å². The van der Waals surface area contributed by atoms with Crippen molar-refractivity contribution in [2.75, 3.05) is 0 Å². The number of aryl methyl sites for hydroxylation is 2. The van der Waals surface area contributed by atoms with Crippen molar-refractivity contribution in [2.45, 2.75) is 46.6 Å². The van der Waals surface area contributed by atoms with Crippen molar-refractivity contribution >= 4 is 0 Å². The van der Waals surface area contributed by atoms with Crippen LogP contribution in [0, 0.1) is 19.8 Å². The van der Waals surface area contributed by atoms with E-state index < -0.39 is 0 Å². The van der Waals surface area contributed by atoms with Gasteiger partial charge in [-0.3, -0.25) is 0 Å². The number of rotatable bonds is 2. The Bertz CT molecular complexity index is 987. The molecule has 2 heterocycles. The van der Waals surface area contributed by atoms with Crippen LogP contribution in [0.4, 0.5) is 0 Å². The molecule has 0 N–H and O–H groups in total. The lowest BCUT2D eigenvalue weighted by molar-refractivity contribution is -0.700. The van der Waals surface area contributed by atoms with E-state index in [-0.39, 0.29) is 5.41 Å². The maximum Gasteiger partial charge on any atom is 0.287 e. The van der Waals surface area contributed by atoms with E-state index in [1.54, 1.807) is 0 Å². The number of fused-ring (bicyclic) bond motifs is 3. The first kappa shape index (κ1) is 17.0. The molecule has 0 saturated heterocycles. The second-order valence-electron chi connectivity index (χ2n) is 8.28. The highest BCUT2D eigenvalue weighted by Crippen LogP contribution is 2.42. The van der Waals surface area contributed by atoms with E-state index in [4.69, 9.17) is 4.98 Å². The molecule has 2 nitrogen and oxygen atoms in total. The minimum atomic E-state index is 0.118. The van der Waals surface area contributed by atoms with Crippen LogP contribution in [-0.4, -0.2) is 4.98 Å². The summed E-state index contributed by atoms with van der Waals surface area (Å²) in [5.74, 6) is 0.557. The summed E-state index contributed by atoms with van der Waals surface area (Å²) in [6.45, 7) is 12.3. The van der Waals surface area contributed by atoms with Crippen molar-refractivity contribution in [3.63, 3.8) is 0 Å². The Morgan fingerprint density at radius 3 is 2.50 bits per heavy atom. The summed E-state index contributed by atoms with van der Waals surface area (Å²) in [6.07, 6.45) is 2.03. The van der Waals surface area contributed by atoms with Gasteiger partial charge in [-0.25, -0.2) is 4.57 Å². The quantitative estimate of drug-likeness (QED) is 0.581. The Hall–Kier alpha value is -2.48. The molecular formula is C24H27N2+. The fourth-order valence-corrected chi connectivity index (χ4v) is 4.07. The van der Waals surface area contributed by atoms with Crippen LogP contribution >= 0.6 is 0 Å². The third-order valence-corrected chi connectivity index (χ3v) is 6.07. The topological polar surface area (TPSA) is 16.8 Å². The fourth-order valence-electron chi connectivity index (χ4n) is 4.07. The standard InChI is InChI=1S/C24H27N2/c1-16(2)24(5)14-26-15-25-22(19-8-6-7-17(3)11-19)13-23(26)20-12-18(4)9-10-21(20)24/h6-13,15-16H,14H2,1-5H3/q+1. The van der Waals surface area contributed by atoms with Crippen LogP contribution in [-0.2, 0) is 12.0 Å². The maximum atomic E-state index is 4.79. The number of benzene rings is 2. The number of hydrogen-bond acceptors (Lipinski definition) is 1. The second kappa shape index (κ2) is 6.05. The monoisotopic (exact) mass is 343 g/mol. The normalized spacial score (nSPS) is 18.5. The molecule has 0 bridgehead atoms. The SMILES string of the molecule is Cc1cccc(-c2cc3[n+](cn2)CC(C)(C(C)C)c2ccc(C)cc2-3)c1. The summed E-state index contributed by atoms with van der Waals surface area (Å²) < 4.78 is 2.33. The largest absolute Gasteiger partial charge is 0.287 e. The minimum Gasteiger partial charge on any atom is -0.229 e. The zero-order valence-corrected chi connectivity index (χ0v) is 16.4. The van der Waals surface area contributed by atoms with Crippen LogP contribution in [0.15, 0.2) is 54.9 Å². The zero-order valence-electron chi connectivity index (χ0n) is 16.4. The van der Waals surface area contributed by atoms with Gasteiger partial charge in [0.05, 0.1) is 0 Å². The molecule has 0 fully saturated rings. The van der Waals surface area contributed by atoms with Crippen LogP contribution in [0.1, 0.15) is 37.5 Å². The fraction of sp³-hybridized carbons (Fsp3) is 0.333. The Labute approximate surface area is 156 Å². The first-order valence-corrected chi connectivity index (χ1v) is 9.46. The molecule has 0 saturated carbocycles. The van der Waals surface area contributed by atoms with E-state index >= 15 is 0 Å². The summed E-state index contributed by atoms with van der Waals surface area (Å²) in [6, 6.07) is 17.8. The van der Waals surface area contributed by atoms with Gasteiger partial charge in [0.25, 0.3) is 6.33 Å². The van der Waals surface area contributed by atoms with E-state index in [1.807, 2.05) is 6.33 Å². The number of hydrogen-bond donors (Lipinski definition) is 0. The van der Waals surface area contributed by atoms with E-state index in [2.05, 4.69) is 87.7 Å². The Morgan fingerprint density at radius 1 is 1.00 bits per heavy atom. The van der Waals surface area contributed by atoms with Crippen molar-refractivity contribution in [3.8, 4) is 22.5 Å². The molecule has 2 aromatic carbocycles. The zero-order chi connectivity index (χ0) is 18.5. The predicted octanol–water partition coefficient (Wildman–Crippen LogP) is 5.25. The summed E-state index contributed by atoms with van der Waals surface area (Å²) >= 11 is 0. The van der Waals surface area contributed by atoms with Gasteiger partial charge < -0.3 is 0 Å². The van der Waals surface area contributed by atoms with E-state index in [0.29, 0.717) is 5.92 Å². The smallest absolute Gasteiger partial charge is 0.229 e.